The molecule has 108 valence electrons. The molecule has 1 aromatic rings. The van der Waals surface area contributed by atoms with Gasteiger partial charge >= 0.3 is 0 Å². The van der Waals surface area contributed by atoms with Gasteiger partial charge in [-0.25, -0.2) is 4.98 Å². The van der Waals surface area contributed by atoms with Gasteiger partial charge in [-0.3, -0.25) is 9.59 Å². The second-order valence-electron chi connectivity index (χ2n) is 4.75. The van der Waals surface area contributed by atoms with Crippen molar-refractivity contribution < 1.29 is 14.7 Å². The standard InChI is InChI=1S/C13H18N4O3/c14-11(19)8-17(9-3-6-15-7-4-9)13(20)12-10(18)2-1-5-16-12/h1-2,5,9,15,18H,3-4,6-8H2,(H2,14,19). The predicted octanol–water partition coefficient (Wildman–Crippen LogP) is -0.533. The van der Waals surface area contributed by atoms with Crippen molar-refractivity contribution in [1.82, 2.24) is 15.2 Å². The van der Waals surface area contributed by atoms with Gasteiger partial charge < -0.3 is 21.1 Å². The van der Waals surface area contributed by atoms with E-state index in [1.807, 2.05) is 0 Å². The molecule has 0 saturated carbocycles. The lowest BCUT2D eigenvalue weighted by atomic mass is 10.0. The third-order valence-electron chi connectivity index (χ3n) is 3.33. The number of carbonyl (C=O) groups is 2. The molecular weight excluding hydrogens is 260 g/mol. The molecule has 1 fully saturated rings. The van der Waals surface area contributed by atoms with Crippen LogP contribution < -0.4 is 11.1 Å². The van der Waals surface area contributed by atoms with Gasteiger partial charge in [-0.05, 0) is 38.1 Å². The first-order valence-electron chi connectivity index (χ1n) is 6.53. The van der Waals surface area contributed by atoms with E-state index in [-0.39, 0.29) is 24.0 Å². The van der Waals surface area contributed by atoms with Gasteiger partial charge in [-0.15, -0.1) is 0 Å². The van der Waals surface area contributed by atoms with Crippen molar-refractivity contribution in [3.05, 3.63) is 24.0 Å². The molecule has 2 rings (SSSR count). The normalized spacial score (nSPS) is 15.8. The highest BCUT2D eigenvalue weighted by atomic mass is 16.3. The molecule has 20 heavy (non-hydrogen) atoms. The summed E-state index contributed by atoms with van der Waals surface area (Å²) < 4.78 is 0. The summed E-state index contributed by atoms with van der Waals surface area (Å²) in [5.41, 5.74) is 5.17. The number of amides is 2. The van der Waals surface area contributed by atoms with Crippen LogP contribution in [0.15, 0.2) is 18.3 Å². The number of hydrogen-bond donors (Lipinski definition) is 3. The summed E-state index contributed by atoms with van der Waals surface area (Å²) in [4.78, 5) is 29.0. The number of primary amides is 1. The minimum atomic E-state index is -0.577. The summed E-state index contributed by atoms with van der Waals surface area (Å²) in [6.45, 7) is 1.39. The Hall–Kier alpha value is -2.15. The summed E-state index contributed by atoms with van der Waals surface area (Å²) in [5, 5.41) is 12.9. The fourth-order valence-corrected chi connectivity index (χ4v) is 2.35. The lowest BCUT2D eigenvalue weighted by Gasteiger charge is -2.33. The molecule has 7 nitrogen and oxygen atoms in total. The summed E-state index contributed by atoms with van der Waals surface area (Å²) >= 11 is 0. The van der Waals surface area contributed by atoms with E-state index in [2.05, 4.69) is 10.3 Å². The highest BCUT2D eigenvalue weighted by Crippen LogP contribution is 2.19. The van der Waals surface area contributed by atoms with Crippen molar-refractivity contribution in [2.24, 2.45) is 5.73 Å². The highest BCUT2D eigenvalue weighted by molar-refractivity contribution is 5.97. The van der Waals surface area contributed by atoms with Gasteiger partial charge in [0.1, 0.15) is 5.75 Å². The van der Waals surface area contributed by atoms with Crippen molar-refractivity contribution in [3.63, 3.8) is 0 Å². The zero-order valence-electron chi connectivity index (χ0n) is 11.1. The molecule has 0 bridgehead atoms. The van der Waals surface area contributed by atoms with Crippen molar-refractivity contribution in [3.8, 4) is 5.75 Å². The first kappa shape index (κ1) is 14.3. The SMILES string of the molecule is NC(=O)CN(C(=O)c1ncccc1O)C1CCNCC1. The largest absolute Gasteiger partial charge is 0.505 e. The number of nitrogens with one attached hydrogen (secondary N) is 1. The minimum absolute atomic E-state index is 0.0488. The van der Waals surface area contributed by atoms with Crippen molar-refractivity contribution in [1.29, 1.82) is 0 Å². The van der Waals surface area contributed by atoms with Gasteiger partial charge in [0.05, 0.1) is 6.54 Å². The Kier molecular flexibility index (Phi) is 4.52. The third kappa shape index (κ3) is 3.24. The van der Waals surface area contributed by atoms with E-state index in [1.165, 1.54) is 23.2 Å². The summed E-state index contributed by atoms with van der Waals surface area (Å²) in [7, 11) is 0. The topological polar surface area (TPSA) is 109 Å². The van der Waals surface area contributed by atoms with Crippen LogP contribution in [0.4, 0.5) is 0 Å². The Labute approximate surface area is 116 Å². The minimum Gasteiger partial charge on any atom is -0.505 e. The smallest absolute Gasteiger partial charge is 0.277 e. The van der Waals surface area contributed by atoms with E-state index in [0.717, 1.165) is 25.9 Å². The maximum absolute atomic E-state index is 12.5. The van der Waals surface area contributed by atoms with E-state index in [0.29, 0.717) is 0 Å². The predicted molar refractivity (Wildman–Crippen MR) is 72.0 cm³/mol. The molecule has 0 unspecified atom stereocenters. The second kappa shape index (κ2) is 6.33. The van der Waals surface area contributed by atoms with Crippen molar-refractivity contribution >= 4 is 11.8 Å². The number of hydrogen-bond acceptors (Lipinski definition) is 5. The molecule has 0 spiro atoms. The Balaban J connectivity index is 2.23. The highest BCUT2D eigenvalue weighted by Gasteiger charge is 2.29. The lowest BCUT2D eigenvalue weighted by molar-refractivity contribution is -0.119. The fourth-order valence-electron chi connectivity index (χ4n) is 2.35. The number of carbonyl (C=O) groups excluding carboxylic acids is 2. The van der Waals surface area contributed by atoms with Crippen LogP contribution in [0.5, 0.6) is 5.75 Å². The molecule has 1 aliphatic heterocycles. The van der Waals surface area contributed by atoms with Crippen LogP contribution in [0.2, 0.25) is 0 Å². The van der Waals surface area contributed by atoms with Gasteiger partial charge in [0.25, 0.3) is 5.91 Å². The van der Waals surface area contributed by atoms with Gasteiger partial charge in [0, 0.05) is 12.2 Å². The summed E-state index contributed by atoms with van der Waals surface area (Å²) in [5.74, 6) is -1.23. The number of aromatic hydroxyl groups is 1. The zero-order valence-corrected chi connectivity index (χ0v) is 11.1. The molecule has 2 amide bonds. The average molecular weight is 278 g/mol. The van der Waals surface area contributed by atoms with Crippen LogP contribution in [0, 0.1) is 0 Å². The lowest BCUT2D eigenvalue weighted by Crippen LogP contribution is -2.49. The monoisotopic (exact) mass is 278 g/mol. The number of piperidine rings is 1. The zero-order chi connectivity index (χ0) is 14.5. The Morgan fingerprint density at radius 1 is 1.45 bits per heavy atom. The molecule has 0 radical (unpaired) electrons. The molecule has 4 N–H and O–H groups in total. The first-order chi connectivity index (χ1) is 9.59. The van der Waals surface area contributed by atoms with Gasteiger partial charge in [-0.1, -0.05) is 0 Å². The Bertz CT molecular complexity index is 500. The molecule has 1 aromatic heterocycles. The number of nitrogens with two attached hydrogens (primary N) is 1. The van der Waals surface area contributed by atoms with Crippen molar-refractivity contribution in [2.45, 2.75) is 18.9 Å². The molecule has 0 aliphatic carbocycles. The maximum atomic E-state index is 12.5. The number of aromatic nitrogens is 1. The molecule has 0 atom stereocenters. The molecular formula is C13H18N4O3. The quantitative estimate of drug-likeness (QED) is 0.686. The van der Waals surface area contributed by atoms with Crippen LogP contribution in [0.1, 0.15) is 23.3 Å². The number of rotatable bonds is 4. The van der Waals surface area contributed by atoms with Crippen LogP contribution >= 0.6 is 0 Å². The van der Waals surface area contributed by atoms with Crippen LogP contribution in [-0.2, 0) is 4.79 Å². The third-order valence-corrected chi connectivity index (χ3v) is 3.33. The van der Waals surface area contributed by atoms with E-state index in [1.54, 1.807) is 0 Å². The van der Waals surface area contributed by atoms with E-state index >= 15 is 0 Å². The number of pyridine rings is 1. The van der Waals surface area contributed by atoms with Gasteiger partial charge in [-0.2, -0.15) is 0 Å². The number of nitrogens with zero attached hydrogens (tertiary/aromatic N) is 2. The summed E-state index contributed by atoms with van der Waals surface area (Å²) in [6.07, 6.45) is 2.91. The molecule has 1 aliphatic rings. The molecule has 7 heteroatoms. The van der Waals surface area contributed by atoms with Crippen LogP contribution in [0.25, 0.3) is 0 Å². The second-order valence-corrected chi connectivity index (χ2v) is 4.75. The van der Waals surface area contributed by atoms with Gasteiger partial charge in [0.2, 0.25) is 5.91 Å². The Morgan fingerprint density at radius 2 is 2.15 bits per heavy atom. The van der Waals surface area contributed by atoms with E-state index in [4.69, 9.17) is 5.73 Å². The van der Waals surface area contributed by atoms with E-state index in [9.17, 15) is 14.7 Å². The Morgan fingerprint density at radius 3 is 2.75 bits per heavy atom. The fraction of sp³-hybridized carbons (Fsp3) is 0.462. The molecule has 0 aromatic carbocycles. The molecule has 1 saturated heterocycles. The maximum Gasteiger partial charge on any atom is 0.277 e. The van der Waals surface area contributed by atoms with E-state index < -0.39 is 11.8 Å². The van der Waals surface area contributed by atoms with Crippen LogP contribution in [0.3, 0.4) is 0 Å². The van der Waals surface area contributed by atoms with Crippen molar-refractivity contribution in [2.75, 3.05) is 19.6 Å². The first-order valence-corrected chi connectivity index (χ1v) is 6.53. The summed E-state index contributed by atoms with van der Waals surface area (Å²) in [6, 6.07) is 2.86. The van der Waals surface area contributed by atoms with Crippen LogP contribution in [-0.4, -0.2) is 52.5 Å². The molecule has 2 heterocycles. The van der Waals surface area contributed by atoms with Gasteiger partial charge in [0.15, 0.2) is 5.69 Å². The average Bonchev–Trinajstić information content (AvgIpc) is 2.45.